The van der Waals surface area contributed by atoms with Gasteiger partial charge in [0.25, 0.3) is 0 Å². The second kappa shape index (κ2) is 7.88. The first-order valence-corrected chi connectivity index (χ1v) is 8.51. The number of aromatic carboxylic acids is 4. The van der Waals surface area contributed by atoms with Crippen LogP contribution in [0.25, 0.3) is 22.3 Å². The van der Waals surface area contributed by atoms with E-state index in [4.69, 9.17) is 10.2 Å². The predicted molar refractivity (Wildman–Crippen MR) is 105 cm³/mol. The number of carbonyl (C=O) groups is 4. The third-order valence-electron chi connectivity index (χ3n) is 4.50. The van der Waals surface area contributed by atoms with Crippen LogP contribution in [0.2, 0.25) is 0 Å². The van der Waals surface area contributed by atoms with Gasteiger partial charge in [-0.05, 0) is 58.7 Å². The summed E-state index contributed by atoms with van der Waals surface area (Å²) in [6.45, 7) is 0. The molecule has 3 rings (SSSR count). The molecule has 4 N–H and O–H groups in total. The van der Waals surface area contributed by atoms with Crippen LogP contribution in [0.1, 0.15) is 41.4 Å². The van der Waals surface area contributed by atoms with Crippen molar-refractivity contribution >= 4 is 23.9 Å². The van der Waals surface area contributed by atoms with Crippen LogP contribution in [0, 0.1) is 0 Å². The van der Waals surface area contributed by atoms with E-state index in [0.717, 1.165) is 6.07 Å². The Morgan fingerprint density at radius 2 is 0.800 bits per heavy atom. The van der Waals surface area contributed by atoms with Crippen molar-refractivity contribution in [2.75, 3.05) is 0 Å². The fourth-order valence-electron chi connectivity index (χ4n) is 3.02. The molecular formula is C22H14O8. The molecule has 0 spiro atoms. The molecule has 3 aromatic rings. The van der Waals surface area contributed by atoms with Gasteiger partial charge in [0.05, 0.1) is 22.3 Å². The molecule has 0 radical (unpaired) electrons. The van der Waals surface area contributed by atoms with Gasteiger partial charge in [-0.1, -0.05) is 24.3 Å². The Kier molecular flexibility index (Phi) is 5.33. The molecule has 0 aliphatic carbocycles. The van der Waals surface area contributed by atoms with Crippen molar-refractivity contribution in [3.63, 3.8) is 0 Å². The monoisotopic (exact) mass is 406 g/mol. The summed E-state index contributed by atoms with van der Waals surface area (Å²) in [5.74, 6) is -4.97. The Hall–Kier alpha value is -4.46. The fourth-order valence-corrected chi connectivity index (χ4v) is 3.02. The van der Waals surface area contributed by atoms with E-state index in [2.05, 4.69) is 0 Å². The SMILES string of the molecule is O=C(O)c1ccc(-c2cc(-c3ccc(C(=O)O)cc3)c(C(=O)O)cc2C(=O)O)cc1. The van der Waals surface area contributed by atoms with Crippen molar-refractivity contribution in [3.8, 4) is 22.3 Å². The smallest absolute Gasteiger partial charge is 0.336 e. The number of hydrogen-bond acceptors (Lipinski definition) is 4. The molecule has 0 saturated carbocycles. The summed E-state index contributed by atoms with van der Waals surface area (Å²) >= 11 is 0. The second-order valence-electron chi connectivity index (χ2n) is 6.32. The fraction of sp³-hybridized carbons (Fsp3) is 0. The lowest BCUT2D eigenvalue weighted by atomic mass is 9.90. The summed E-state index contributed by atoms with van der Waals surface area (Å²) < 4.78 is 0. The molecule has 0 unspecified atom stereocenters. The Balaban J connectivity index is 2.25. The summed E-state index contributed by atoms with van der Waals surface area (Å²) in [6.07, 6.45) is 0. The van der Waals surface area contributed by atoms with Gasteiger partial charge < -0.3 is 20.4 Å². The van der Waals surface area contributed by atoms with Gasteiger partial charge in [-0.3, -0.25) is 0 Å². The third-order valence-corrected chi connectivity index (χ3v) is 4.50. The first-order valence-electron chi connectivity index (χ1n) is 8.51. The molecule has 0 amide bonds. The summed E-state index contributed by atoms with van der Waals surface area (Å²) in [6, 6.07) is 13.4. The Bertz CT molecular complexity index is 1080. The van der Waals surface area contributed by atoms with Gasteiger partial charge in [0.15, 0.2) is 0 Å². The van der Waals surface area contributed by atoms with Crippen LogP contribution >= 0.6 is 0 Å². The maximum absolute atomic E-state index is 11.8. The molecule has 0 aliphatic heterocycles. The lowest BCUT2D eigenvalue weighted by molar-refractivity contribution is 0.0681. The van der Waals surface area contributed by atoms with Crippen LogP contribution in [-0.2, 0) is 0 Å². The highest BCUT2D eigenvalue weighted by atomic mass is 16.4. The molecule has 0 atom stereocenters. The van der Waals surface area contributed by atoms with E-state index in [1.54, 1.807) is 0 Å². The molecule has 0 aliphatic rings. The van der Waals surface area contributed by atoms with Crippen molar-refractivity contribution in [2.24, 2.45) is 0 Å². The quantitative estimate of drug-likeness (QED) is 0.483. The molecule has 8 heteroatoms. The van der Waals surface area contributed by atoms with Gasteiger partial charge in [-0.25, -0.2) is 19.2 Å². The van der Waals surface area contributed by atoms with Crippen molar-refractivity contribution in [3.05, 3.63) is 82.9 Å². The van der Waals surface area contributed by atoms with Gasteiger partial charge in [-0.2, -0.15) is 0 Å². The number of rotatable bonds is 6. The minimum absolute atomic E-state index is 0.0160. The Labute approximate surface area is 169 Å². The minimum atomic E-state index is -1.34. The van der Waals surface area contributed by atoms with Gasteiger partial charge in [0, 0.05) is 0 Å². The first kappa shape index (κ1) is 20.3. The lowest BCUT2D eigenvalue weighted by Gasteiger charge is -2.14. The Morgan fingerprint density at radius 1 is 0.467 bits per heavy atom. The zero-order valence-corrected chi connectivity index (χ0v) is 15.2. The summed E-state index contributed by atoms with van der Waals surface area (Å²) in [7, 11) is 0. The molecule has 8 nitrogen and oxygen atoms in total. The maximum Gasteiger partial charge on any atom is 0.336 e. The van der Waals surface area contributed by atoms with Crippen molar-refractivity contribution in [1.82, 2.24) is 0 Å². The normalized spacial score (nSPS) is 10.4. The van der Waals surface area contributed by atoms with E-state index in [0.29, 0.717) is 11.1 Å². The molecule has 0 heterocycles. The summed E-state index contributed by atoms with van der Waals surface area (Å²) in [5, 5.41) is 37.2. The van der Waals surface area contributed by atoms with E-state index in [1.165, 1.54) is 54.6 Å². The third kappa shape index (κ3) is 3.88. The number of carboxylic acids is 4. The van der Waals surface area contributed by atoms with Crippen LogP contribution in [0.15, 0.2) is 60.7 Å². The molecule has 0 bridgehead atoms. The van der Waals surface area contributed by atoms with Crippen LogP contribution in [0.4, 0.5) is 0 Å². The molecule has 0 saturated heterocycles. The van der Waals surface area contributed by atoms with Crippen LogP contribution in [0.5, 0.6) is 0 Å². The molecule has 30 heavy (non-hydrogen) atoms. The number of carboxylic acid groups (broad SMARTS) is 4. The minimum Gasteiger partial charge on any atom is -0.478 e. The van der Waals surface area contributed by atoms with Gasteiger partial charge in [0.2, 0.25) is 0 Å². The summed E-state index contributed by atoms with van der Waals surface area (Å²) in [4.78, 5) is 45.6. The van der Waals surface area contributed by atoms with E-state index in [1.807, 2.05) is 0 Å². The van der Waals surface area contributed by atoms with Crippen LogP contribution in [-0.4, -0.2) is 44.3 Å². The molecule has 150 valence electrons. The lowest BCUT2D eigenvalue weighted by Crippen LogP contribution is -2.07. The van der Waals surface area contributed by atoms with E-state index in [-0.39, 0.29) is 33.4 Å². The van der Waals surface area contributed by atoms with Crippen LogP contribution in [0.3, 0.4) is 0 Å². The van der Waals surface area contributed by atoms with E-state index < -0.39 is 23.9 Å². The number of benzene rings is 3. The predicted octanol–water partition coefficient (Wildman–Crippen LogP) is 3.81. The highest BCUT2D eigenvalue weighted by Gasteiger charge is 2.21. The highest BCUT2D eigenvalue weighted by Crippen LogP contribution is 2.33. The standard InChI is InChI=1S/C22H14O8/c23-19(24)13-5-1-11(2-6-13)15-9-16(12-3-7-14(8-4-12)20(25)26)18(22(29)30)10-17(15)21(27)28/h1-10H,(H,23,24)(H,25,26)(H,27,28)(H,29,30). The van der Waals surface area contributed by atoms with Gasteiger partial charge >= 0.3 is 23.9 Å². The zero-order valence-electron chi connectivity index (χ0n) is 15.2. The Morgan fingerprint density at radius 3 is 1.07 bits per heavy atom. The molecule has 0 fully saturated rings. The highest BCUT2D eigenvalue weighted by molar-refractivity contribution is 6.04. The number of hydrogen-bond donors (Lipinski definition) is 4. The molecule has 3 aromatic carbocycles. The maximum atomic E-state index is 11.8. The zero-order chi connectivity index (χ0) is 22.0. The van der Waals surface area contributed by atoms with Gasteiger partial charge in [0.1, 0.15) is 0 Å². The van der Waals surface area contributed by atoms with Gasteiger partial charge in [-0.15, -0.1) is 0 Å². The summed E-state index contributed by atoms with van der Waals surface area (Å²) in [5.41, 5.74) is 0.672. The largest absolute Gasteiger partial charge is 0.478 e. The van der Waals surface area contributed by atoms with Crippen molar-refractivity contribution in [2.45, 2.75) is 0 Å². The van der Waals surface area contributed by atoms with E-state index in [9.17, 15) is 29.4 Å². The topological polar surface area (TPSA) is 149 Å². The first-order chi connectivity index (χ1) is 14.2. The molecular weight excluding hydrogens is 392 g/mol. The average Bonchev–Trinajstić information content (AvgIpc) is 2.72. The van der Waals surface area contributed by atoms with Crippen molar-refractivity contribution < 1.29 is 39.6 Å². The average molecular weight is 406 g/mol. The van der Waals surface area contributed by atoms with Crippen molar-refractivity contribution in [1.29, 1.82) is 0 Å². The second-order valence-corrected chi connectivity index (χ2v) is 6.32. The van der Waals surface area contributed by atoms with Crippen LogP contribution < -0.4 is 0 Å². The molecule has 0 aromatic heterocycles. The van der Waals surface area contributed by atoms with E-state index >= 15 is 0 Å².